The van der Waals surface area contributed by atoms with Crippen molar-refractivity contribution < 1.29 is 9.31 Å². The average molecular weight is 298 g/mol. The lowest BCUT2D eigenvalue weighted by Gasteiger charge is -2.03. The van der Waals surface area contributed by atoms with Crippen molar-refractivity contribution in [2.75, 3.05) is 0 Å². The largest absolute Gasteiger partial charge is 0.305 e. The zero-order valence-electron chi connectivity index (χ0n) is 9.68. The normalized spacial score (nSPS) is 10.4. The second kappa shape index (κ2) is 6.04. The van der Waals surface area contributed by atoms with Crippen molar-refractivity contribution in [3.8, 4) is 0 Å². The van der Waals surface area contributed by atoms with Gasteiger partial charge >= 0.3 is 5.69 Å². The zero-order valence-corrected chi connectivity index (χ0v) is 11.2. The fourth-order valence-corrected chi connectivity index (χ4v) is 2.45. The number of halogens is 2. The molecule has 0 saturated heterocycles. The number of rotatable bonds is 4. The Bertz CT molecular complexity index is 604. The molecular formula is C13H9ClFNO2S. The van der Waals surface area contributed by atoms with Crippen LogP contribution in [0, 0.1) is 15.9 Å². The molecule has 6 heteroatoms. The molecule has 0 saturated carbocycles. The first-order chi connectivity index (χ1) is 9.06. The number of nitrogens with zero attached hydrogens (tertiary/aromatic N) is 1. The summed E-state index contributed by atoms with van der Waals surface area (Å²) in [6, 6.07) is 11.2. The van der Waals surface area contributed by atoms with Crippen molar-refractivity contribution >= 4 is 29.1 Å². The van der Waals surface area contributed by atoms with Crippen molar-refractivity contribution in [1.82, 2.24) is 0 Å². The third-order valence-electron chi connectivity index (χ3n) is 2.43. The highest BCUT2D eigenvalue weighted by molar-refractivity contribution is 7.98. The summed E-state index contributed by atoms with van der Waals surface area (Å²) in [6.45, 7) is 0. The maximum Gasteiger partial charge on any atom is 0.305 e. The van der Waals surface area contributed by atoms with E-state index in [0.29, 0.717) is 16.3 Å². The molecule has 19 heavy (non-hydrogen) atoms. The van der Waals surface area contributed by atoms with Crippen LogP contribution in [0.5, 0.6) is 0 Å². The van der Waals surface area contributed by atoms with Gasteiger partial charge in [0, 0.05) is 21.7 Å². The molecule has 2 rings (SSSR count). The van der Waals surface area contributed by atoms with Crippen LogP contribution in [0.4, 0.5) is 10.1 Å². The van der Waals surface area contributed by atoms with Gasteiger partial charge in [0.1, 0.15) is 0 Å². The monoisotopic (exact) mass is 297 g/mol. The van der Waals surface area contributed by atoms with E-state index in [1.165, 1.54) is 17.8 Å². The van der Waals surface area contributed by atoms with Crippen LogP contribution in [0.25, 0.3) is 0 Å². The minimum atomic E-state index is -0.815. The second-order valence-corrected chi connectivity index (χ2v) is 5.27. The predicted molar refractivity (Wildman–Crippen MR) is 74.1 cm³/mol. The van der Waals surface area contributed by atoms with E-state index >= 15 is 0 Å². The Kier molecular flexibility index (Phi) is 4.39. The molecule has 98 valence electrons. The number of thioether (sulfide) groups is 1. The quantitative estimate of drug-likeness (QED) is 0.467. The lowest BCUT2D eigenvalue weighted by molar-refractivity contribution is -0.387. The minimum Gasteiger partial charge on any atom is -0.258 e. The van der Waals surface area contributed by atoms with Crippen molar-refractivity contribution in [2.24, 2.45) is 0 Å². The van der Waals surface area contributed by atoms with Gasteiger partial charge in [-0.3, -0.25) is 10.1 Å². The summed E-state index contributed by atoms with van der Waals surface area (Å²) in [5, 5.41) is 11.3. The first-order valence-electron chi connectivity index (χ1n) is 5.37. The van der Waals surface area contributed by atoms with Crippen molar-refractivity contribution in [2.45, 2.75) is 10.6 Å². The summed E-state index contributed by atoms with van der Waals surface area (Å²) in [4.78, 5) is 10.9. The standard InChI is InChI=1S/C13H9ClFNO2S/c14-10-2-4-11(5-3-10)19-8-9-1-6-12(15)13(7-9)16(17)18/h1-7H,8H2. The van der Waals surface area contributed by atoms with Crippen LogP contribution in [0.1, 0.15) is 5.56 Å². The molecule has 0 heterocycles. The van der Waals surface area contributed by atoms with Crippen LogP contribution in [0.3, 0.4) is 0 Å². The fourth-order valence-electron chi connectivity index (χ4n) is 1.49. The molecule has 0 atom stereocenters. The molecule has 2 aromatic rings. The Morgan fingerprint density at radius 2 is 1.89 bits per heavy atom. The van der Waals surface area contributed by atoms with Crippen LogP contribution in [-0.2, 0) is 5.75 Å². The summed E-state index contributed by atoms with van der Waals surface area (Å²) in [6.07, 6.45) is 0. The summed E-state index contributed by atoms with van der Waals surface area (Å²) >= 11 is 7.28. The molecule has 0 bridgehead atoms. The van der Waals surface area contributed by atoms with Crippen LogP contribution < -0.4 is 0 Å². The maximum absolute atomic E-state index is 13.2. The van der Waals surface area contributed by atoms with Gasteiger partial charge < -0.3 is 0 Å². The van der Waals surface area contributed by atoms with Crippen LogP contribution in [0.15, 0.2) is 47.4 Å². The lowest BCUT2D eigenvalue weighted by Crippen LogP contribution is -1.93. The highest BCUT2D eigenvalue weighted by Crippen LogP contribution is 2.26. The number of benzene rings is 2. The number of hydrogen-bond acceptors (Lipinski definition) is 3. The predicted octanol–water partition coefficient (Wildman–Crippen LogP) is 4.68. The summed E-state index contributed by atoms with van der Waals surface area (Å²) in [7, 11) is 0. The highest BCUT2D eigenvalue weighted by atomic mass is 35.5. The molecule has 0 aliphatic rings. The number of nitro benzene ring substituents is 1. The molecule has 0 amide bonds. The Morgan fingerprint density at radius 3 is 2.53 bits per heavy atom. The second-order valence-electron chi connectivity index (χ2n) is 3.79. The van der Waals surface area contributed by atoms with E-state index in [1.54, 1.807) is 18.2 Å². The van der Waals surface area contributed by atoms with E-state index in [2.05, 4.69) is 0 Å². The molecule has 0 spiro atoms. The Balaban J connectivity index is 2.09. The van der Waals surface area contributed by atoms with Gasteiger partial charge in [0.05, 0.1) is 4.92 Å². The molecule has 0 aliphatic carbocycles. The fraction of sp³-hybridized carbons (Fsp3) is 0.0769. The summed E-state index contributed by atoms with van der Waals surface area (Å²) in [5.41, 5.74) is 0.210. The third-order valence-corrected chi connectivity index (χ3v) is 3.76. The molecule has 0 N–H and O–H groups in total. The van der Waals surface area contributed by atoms with E-state index in [4.69, 9.17) is 11.6 Å². The van der Waals surface area contributed by atoms with Gasteiger partial charge in [0.15, 0.2) is 0 Å². The van der Waals surface area contributed by atoms with Gasteiger partial charge in [-0.2, -0.15) is 4.39 Å². The first kappa shape index (κ1) is 13.8. The average Bonchev–Trinajstić information content (AvgIpc) is 2.39. The van der Waals surface area contributed by atoms with E-state index in [1.807, 2.05) is 12.1 Å². The zero-order chi connectivity index (χ0) is 13.8. The van der Waals surface area contributed by atoms with E-state index in [0.717, 1.165) is 11.0 Å². The topological polar surface area (TPSA) is 43.1 Å². The minimum absolute atomic E-state index is 0.491. The molecule has 3 nitrogen and oxygen atoms in total. The number of nitro groups is 1. The van der Waals surface area contributed by atoms with E-state index < -0.39 is 16.4 Å². The van der Waals surface area contributed by atoms with Gasteiger partial charge in [0.25, 0.3) is 0 Å². The molecule has 0 unspecified atom stereocenters. The van der Waals surface area contributed by atoms with Crippen LogP contribution >= 0.6 is 23.4 Å². The summed E-state index contributed by atoms with van der Waals surface area (Å²) < 4.78 is 13.2. The smallest absolute Gasteiger partial charge is 0.258 e. The maximum atomic E-state index is 13.2. The Labute approximate surface area is 118 Å². The molecule has 0 fully saturated rings. The van der Waals surface area contributed by atoms with Crippen LogP contribution in [0.2, 0.25) is 5.02 Å². The van der Waals surface area contributed by atoms with Crippen molar-refractivity contribution in [3.05, 3.63) is 69.0 Å². The molecular weight excluding hydrogens is 289 g/mol. The Morgan fingerprint density at radius 1 is 1.21 bits per heavy atom. The number of hydrogen-bond donors (Lipinski definition) is 0. The van der Waals surface area contributed by atoms with Crippen molar-refractivity contribution in [1.29, 1.82) is 0 Å². The van der Waals surface area contributed by atoms with Gasteiger partial charge in [-0.1, -0.05) is 17.7 Å². The highest BCUT2D eigenvalue weighted by Gasteiger charge is 2.14. The van der Waals surface area contributed by atoms with Crippen LogP contribution in [-0.4, -0.2) is 4.92 Å². The SMILES string of the molecule is O=[N+]([O-])c1cc(CSc2ccc(Cl)cc2)ccc1F. The van der Waals surface area contributed by atoms with Gasteiger partial charge in [-0.15, -0.1) is 11.8 Å². The molecule has 2 aromatic carbocycles. The van der Waals surface area contributed by atoms with Crippen molar-refractivity contribution in [3.63, 3.8) is 0 Å². The van der Waals surface area contributed by atoms with Gasteiger partial charge in [0.2, 0.25) is 5.82 Å². The summed E-state index contributed by atoms with van der Waals surface area (Å²) in [5.74, 6) is -0.284. The van der Waals surface area contributed by atoms with E-state index in [-0.39, 0.29) is 0 Å². The molecule has 0 aromatic heterocycles. The van der Waals surface area contributed by atoms with E-state index in [9.17, 15) is 14.5 Å². The third kappa shape index (κ3) is 3.68. The molecule has 0 aliphatic heterocycles. The van der Waals surface area contributed by atoms with Gasteiger partial charge in [-0.25, -0.2) is 0 Å². The first-order valence-corrected chi connectivity index (χ1v) is 6.74. The lowest BCUT2D eigenvalue weighted by atomic mass is 10.2. The Hall–Kier alpha value is -1.59. The molecule has 0 radical (unpaired) electrons. The van der Waals surface area contributed by atoms with Gasteiger partial charge in [-0.05, 0) is 35.9 Å².